The van der Waals surface area contributed by atoms with Gasteiger partial charge in [-0.05, 0) is 63.5 Å². The highest BCUT2D eigenvalue weighted by molar-refractivity contribution is 6.62. The van der Waals surface area contributed by atoms with Crippen molar-refractivity contribution in [3.8, 4) is 0 Å². The van der Waals surface area contributed by atoms with Gasteiger partial charge in [-0.25, -0.2) is 0 Å². The number of nitrogens with one attached hydrogen (secondary N) is 1. The number of fused-ring (bicyclic) bond motifs is 1. The van der Waals surface area contributed by atoms with E-state index in [1.807, 2.05) is 26.8 Å². The molecule has 1 amide bonds. The third-order valence-corrected chi connectivity index (χ3v) is 6.60. The largest absolute Gasteiger partial charge is 0.494 e. The minimum absolute atomic E-state index is 0.00545. The number of nitrogens with zero attached hydrogens (tertiary/aromatic N) is 2. The summed E-state index contributed by atoms with van der Waals surface area (Å²) in [6.45, 7) is 14.2. The zero-order valence-electron chi connectivity index (χ0n) is 19.5. The summed E-state index contributed by atoms with van der Waals surface area (Å²) >= 11 is 0. The van der Waals surface area contributed by atoms with Gasteiger partial charge >= 0.3 is 18.9 Å². The minimum Gasteiger partial charge on any atom is -0.399 e. The van der Waals surface area contributed by atoms with Crippen LogP contribution in [0.5, 0.6) is 0 Å². The van der Waals surface area contributed by atoms with E-state index in [2.05, 4.69) is 55.3 Å². The molecule has 7 nitrogen and oxygen atoms in total. The van der Waals surface area contributed by atoms with Gasteiger partial charge in [-0.1, -0.05) is 44.1 Å². The van der Waals surface area contributed by atoms with E-state index < -0.39 is 0 Å². The average molecular weight is 425 g/mol. The third-order valence-electron chi connectivity index (χ3n) is 6.60. The van der Waals surface area contributed by atoms with E-state index in [0.29, 0.717) is 5.82 Å². The molecule has 1 unspecified atom stereocenters. The van der Waals surface area contributed by atoms with Gasteiger partial charge in [0.15, 0.2) is 5.82 Å². The SMILES string of the molecule is CC(C)(C)c1noc(C(=O)NC2CCCc3cc(B4OC(C)(C)C(C)(C)O4)ccc32)n1. The summed E-state index contributed by atoms with van der Waals surface area (Å²) in [4.78, 5) is 17.0. The summed E-state index contributed by atoms with van der Waals surface area (Å²) in [6, 6.07) is 6.18. The number of carbonyl (C=O) groups excluding carboxylic acids is 1. The Morgan fingerprint density at radius 3 is 2.45 bits per heavy atom. The third kappa shape index (κ3) is 4.15. The first-order valence-corrected chi connectivity index (χ1v) is 11.0. The van der Waals surface area contributed by atoms with Crippen LogP contribution in [0.25, 0.3) is 0 Å². The maximum atomic E-state index is 12.7. The molecule has 0 saturated carbocycles. The van der Waals surface area contributed by atoms with Crippen molar-refractivity contribution in [3.63, 3.8) is 0 Å². The molecule has 2 aliphatic rings. The molecule has 4 rings (SSSR count). The second kappa shape index (κ2) is 7.45. The molecule has 0 bridgehead atoms. The number of benzene rings is 1. The van der Waals surface area contributed by atoms with E-state index in [4.69, 9.17) is 13.8 Å². The summed E-state index contributed by atoms with van der Waals surface area (Å²) < 4.78 is 17.6. The second-order valence-electron chi connectivity index (χ2n) is 10.6. The predicted molar refractivity (Wildman–Crippen MR) is 118 cm³/mol. The Labute approximate surface area is 184 Å². The maximum Gasteiger partial charge on any atom is 0.494 e. The summed E-state index contributed by atoms with van der Waals surface area (Å²) in [5.41, 5.74) is 2.32. The van der Waals surface area contributed by atoms with E-state index in [1.54, 1.807) is 0 Å². The van der Waals surface area contributed by atoms with Gasteiger partial charge in [-0.3, -0.25) is 4.79 Å². The van der Waals surface area contributed by atoms with E-state index in [9.17, 15) is 4.79 Å². The molecule has 2 aromatic rings. The average Bonchev–Trinajstić information content (AvgIpc) is 3.25. The quantitative estimate of drug-likeness (QED) is 0.758. The number of amides is 1. The molecular formula is C23H32BN3O4. The van der Waals surface area contributed by atoms with Crippen LogP contribution in [0.4, 0.5) is 0 Å². The van der Waals surface area contributed by atoms with Crippen molar-refractivity contribution in [1.29, 1.82) is 0 Å². The van der Waals surface area contributed by atoms with Gasteiger partial charge in [-0.2, -0.15) is 4.98 Å². The molecule has 166 valence electrons. The lowest BCUT2D eigenvalue weighted by atomic mass is 9.75. The van der Waals surface area contributed by atoms with E-state index in [-0.39, 0.29) is 41.6 Å². The van der Waals surface area contributed by atoms with Crippen LogP contribution in [0, 0.1) is 0 Å². The van der Waals surface area contributed by atoms with Crippen molar-refractivity contribution in [3.05, 3.63) is 41.0 Å². The van der Waals surface area contributed by atoms with E-state index in [0.717, 1.165) is 30.3 Å². The van der Waals surface area contributed by atoms with Gasteiger partial charge in [0, 0.05) is 5.41 Å². The molecule has 1 aromatic heterocycles. The minimum atomic E-state index is -0.389. The highest BCUT2D eigenvalue weighted by Crippen LogP contribution is 2.37. The first kappa shape index (κ1) is 22.0. The van der Waals surface area contributed by atoms with Gasteiger partial charge < -0.3 is 19.1 Å². The first-order valence-electron chi connectivity index (χ1n) is 11.0. The van der Waals surface area contributed by atoms with Crippen LogP contribution in [0.3, 0.4) is 0 Å². The zero-order chi connectivity index (χ0) is 22.6. The van der Waals surface area contributed by atoms with Crippen molar-refractivity contribution in [1.82, 2.24) is 15.5 Å². The Hall–Kier alpha value is -2.19. The molecule has 8 heteroatoms. The smallest absolute Gasteiger partial charge is 0.399 e. The molecule has 1 N–H and O–H groups in total. The Balaban J connectivity index is 1.51. The number of aromatic nitrogens is 2. The van der Waals surface area contributed by atoms with Crippen molar-refractivity contribution in [2.24, 2.45) is 0 Å². The fourth-order valence-electron chi connectivity index (χ4n) is 3.95. The number of aryl methyl sites for hydroxylation is 1. The van der Waals surface area contributed by atoms with Crippen molar-refractivity contribution >= 4 is 18.5 Å². The van der Waals surface area contributed by atoms with Crippen LogP contribution >= 0.6 is 0 Å². The lowest BCUT2D eigenvalue weighted by Gasteiger charge is -2.32. The van der Waals surface area contributed by atoms with Gasteiger partial charge in [0.2, 0.25) is 0 Å². The lowest BCUT2D eigenvalue weighted by Crippen LogP contribution is -2.41. The normalized spacial score (nSPS) is 22.3. The number of hydrogen-bond donors (Lipinski definition) is 1. The fraction of sp³-hybridized carbons (Fsp3) is 0.609. The predicted octanol–water partition coefficient (Wildman–Crippen LogP) is 3.47. The number of carbonyl (C=O) groups is 1. The lowest BCUT2D eigenvalue weighted by molar-refractivity contribution is 0.00578. The Bertz CT molecular complexity index is 977. The van der Waals surface area contributed by atoms with Crippen LogP contribution in [-0.2, 0) is 21.1 Å². The molecule has 0 spiro atoms. The molecule has 1 aliphatic carbocycles. The van der Waals surface area contributed by atoms with Crippen LogP contribution < -0.4 is 10.8 Å². The zero-order valence-corrected chi connectivity index (χ0v) is 19.5. The van der Waals surface area contributed by atoms with Gasteiger partial charge in [-0.15, -0.1) is 0 Å². The summed E-state index contributed by atoms with van der Waals surface area (Å²) in [6.07, 6.45) is 2.82. The Morgan fingerprint density at radius 2 is 1.84 bits per heavy atom. The highest BCUT2D eigenvalue weighted by atomic mass is 16.7. The van der Waals surface area contributed by atoms with Crippen LogP contribution in [-0.4, -0.2) is 34.4 Å². The number of rotatable bonds is 3. The molecule has 1 aliphatic heterocycles. The molecular weight excluding hydrogens is 393 g/mol. The molecule has 1 fully saturated rings. The van der Waals surface area contributed by atoms with Gasteiger partial charge in [0.1, 0.15) is 0 Å². The first-order chi connectivity index (χ1) is 14.4. The Morgan fingerprint density at radius 1 is 1.16 bits per heavy atom. The molecule has 1 atom stereocenters. The fourth-order valence-corrected chi connectivity index (χ4v) is 3.95. The summed E-state index contributed by atoms with van der Waals surface area (Å²) in [5, 5.41) is 7.02. The topological polar surface area (TPSA) is 86.5 Å². The second-order valence-corrected chi connectivity index (χ2v) is 10.6. The Kier molecular flexibility index (Phi) is 5.29. The van der Waals surface area contributed by atoms with Gasteiger partial charge in [0.05, 0.1) is 17.2 Å². The molecule has 31 heavy (non-hydrogen) atoms. The summed E-state index contributed by atoms with van der Waals surface area (Å²) in [5.74, 6) is 0.190. The molecule has 2 heterocycles. The van der Waals surface area contributed by atoms with Crippen LogP contribution in [0.15, 0.2) is 22.7 Å². The highest BCUT2D eigenvalue weighted by Gasteiger charge is 2.51. The standard InChI is InChI=1S/C23H32BN3O4/c1-21(2,3)20-26-19(29-27-20)18(28)25-17-10-8-9-14-13-15(11-12-16(14)17)24-30-22(4,5)23(6,7)31-24/h11-13,17H,8-10H2,1-7H3,(H,25,28). The van der Waals surface area contributed by atoms with Crippen molar-refractivity contribution in [2.45, 2.75) is 90.4 Å². The van der Waals surface area contributed by atoms with E-state index >= 15 is 0 Å². The molecule has 0 radical (unpaired) electrons. The van der Waals surface area contributed by atoms with Crippen molar-refractivity contribution < 1.29 is 18.6 Å². The molecule has 1 aromatic carbocycles. The van der Waals surface area contributed by atoms with Crippen LogP contribution in [0.1, 0.15) is 95.0 Å². The van der Waals surface area contributed by atoms with Gasteiger partial charge in [0.25, 0.3) is 0 Å². The number of hydrogen-bond acceptors (Lipinski definition) is 6. The van der Waals surface area contributed by atoms with E-state index in [1.165, 1.54) is 5.56 Å². The monoisotopic (exact) mass is 425 g/mol. The maximum absolute atomic E-state index is 12.7. The summed E-state index contributed by atoms with van der Waals surface area (Å²) in [7, 11) is -0.389. The van der Waals surface area contributed by atoms with Crippen molar-refractivity contribution in [2.75, 3.05) is 0 Å². The van der Waals surface area contributed by atoms with Crippen LogP contribution in [0.2, 0.25) is 0 Å². The molecule has 1 saturated heterocycles.